The molecule has 0 aromatic heterocycles. The van der Waals surface area contributed by atoms with Gasteiger partial charge in [-0.2, -0.15) is 0 Å². The van der Waals surface area contributed by atoms with Crippen molar-refractivity contribution in [3.8, 4) is 0 Å². The van der Waals surface area contributed by atoms with Crippen LogP contribution in [-0.2, 0) is 0 Å². The summed E-state index contributed by atoms with van der Waals surface area (Å²) >= 11 is 0. The third-order valence-corrected chi connectivity index (χ3v) is 2.70. The zero-order valence-corrected chi connectivity index (χ0v) is 11.3. The molecule has 0 N–H and O–H groups in total. The quantitative estimate of drug-likeness (QED) is 0.586. The minimum atomic E-state index is 0. The van der Waals surface area contributed by atoms with Crippen LogP contribution in [0.15, 0.2) is 22.8 Å². The van der Waals surface area contributed by atoms with E-state index in [1.54, 1.807) is 0 Å². The van der Waals surface area contributed by atoms with Gasteiger partial charge in [0.05, 0.1) is 0 Å². The predicted molar refractivity (Wildman–Crippen MR) is 67.7 cm³/mol. The fraction of sp³-hybridized carbons (Fsp3) is 0.600. The summed E-state index contributed by atoms with van der Waals surface area (Å²) in [6.45, 7) is 11.1. The topological polar surface area (TPSA) is 0 Å². The lowest BCUT2D eigenvalue weighted by Gasteiger charge is -2.17. The van der Waals surface area contributed by atoms with Crippen molar-refractivity contribution in [2.75, 3.05) is 0 Å². The summed E-state index contributed by atoms with van der Waals surface area (Å²) in [5.74, 6) is 0. The van der Waals surface area contributed by atoms with Gasteiger partial charge in [0.1, 0.15) is 0 Å². The zero-order valence-electron chi connectivity index (χ0n) is 8.80. The van der Waals surface area contributed by atoms with Crippen LogP contribution in [0.2, 0.25) is 0 Å². The van der Waals surface area contributed by atoms with Gasteiger partial charge >= 0.3 is 0 Å². The molecular formula is C10H19Cl3. The van der Waals surface area contributed by atoms with Gasteiger partial charge in [-0.3, -0.25) is 0 Å². The zero-order chi connectivity index (χ0) is 7.94. The van der Waals surface area contributed by atoms with E-state index in [0.29, 0.717) is 5.41 Å². The minimum Gasteiger partial charge on any atom is -0.147 e. The van der Waals surface area contributed by atoms with Crippen LogP contribution in [-0.4, -0.2) is 0 Å². The van der Waals surface area contributed by atoms with Crippen molar-refractivity contribution in [3.05, 3.63) is 22.8 Å². The smallest absolute Gasteiger partial charge is 0.00430 e. The number of hydrogen-bond donors (Lipinski definition) is 0. The lowest BCUT2D eigenvalue weighted by Crippen LogP contribution is -2.05. The monoisotopic (exact) mass is 244 g/mol. The Morgan fingerprint density at radius 2 is 1.31 bits per heavy atom. The normalized spacial score (nSPS) is 18.1. The van der Waals surface area contributed by atoms with Gasteiger partial charge in [-0.25, -0.2) is 0 Å². The van der Waals surface area contributed by atoms with Gasteiger partial charge in [0.25, 0.3) is 0 Å². The summed E-state index contributed by atoms with van der Waals surface area (Å²) in [6.07, 6.45) is 2.34. The summed E-state index contributed by atoms with van der Waals surface area (Å²) in [5.41, 5.74) is 4.76. The van der Waals surface area contributed by atoms with E-state index >= 15 is 0 Å². The molecule has 0 spiro atoms. The highest BCUT2D eigenvalue weighted by atomic mass is 35.5. The van der Waals surface area contributed by atoms with Crippen LogP contribution in [0.5, 0.6) is 0 Å². The Labute approximate surface area is 100 Å². The minimum absolute atomic E-state index is 0. The van der Waals surface area contributed by atoms with Gasteiger partial charge in [0.15, 0.2) is 0 Å². The third-order valence-electron chi connectivity index (χ3n) is 2.70. The van der Waals surface area contributed by atoms with E-state index < -0.39 is 0 Å². The third kappa shape index (κ3) is 3.53. The second-order valence-corrected chi connectivity index (χ2v) is 3.80. The van der Waals surface area contributed by atoms with E-state index in [1.807, 2.05) is 0 Å². The molecule has 0 heterocycles. The Balaban J connectivity index is -0.000000333. The number of rotatable bonds is 0. The van der Waals surface area contributed by atoms with E-state index in [2.05, 4.69) is 40.7 Å². The lowest BCUT2D eigenvalue weighted by molar-refractivity contribution is 0.587. The van der Waals surface area contributed by atoms with Crippen LogP contribution in [0, 0.1) is 5.41 Å². The number of allylic oxidation sites excluding steroid dienone is 4. The fourth-order valence-electron chi connectivity index (χ4n) is 1.54. The van der Waals surface area contributed by atoms with Gasteiger partial charge < -0.3 is 0 Å². The molecule has 80 valence electrons. The average molecular weight is 246 g/mol. The van der Waals surface area contributed by atoms with Crippen molar-refractivity contribution in [3.63, 3.8) is 0 Å². The fourth-order valence-corrected chi connectivity index (χ4v) is 1.54. The van der Waals surface area contributed by atoms with E-state index in [-0.39, 0.29) is 37.2 Å². The van der Waals surface area contributed by atoms with Crippen molar-refractivity contribution < 1.29 is 0 Å². The van der Waals surface area contributed by atoms with Crippen LogP contribution in [0.3, 0.4) is 0 Å². The molecule has 0 saturated carbocycles. The molecule has 0 amide bonds. The van der Waals surface area contributed by atoms with Crippen LogP contribution in [0.1, 0.15) is 34.6 Å². The van der Waals surface area contributed by atoms with Crippen LogP contribution >= 0.6 is 37.2 Å². The Kier molecular flexibility index (Phi) is 8.70. The molecule has 0 aromatic rings. The van der Waals surface area contributed by atoms with E-state index in [4.69, 9.17) is 0 Å². The molecule has 0 bridgehead atoms. The van der Waals surface area contributed by atoms with Gasteiger partial charge in [-0.1, -0.05) is 31.1 Å². The summed E-state index contributed by atoms with van der Waals surface area (Å²) in [5, 5.41) is 0. The van der Waals surface area contributed by atoms with Crippen LogP contribution in [0.4, 0.5) is 0 Å². The largest absolute Gasteiger partial charge is 0.147 e. The van der Waals surface area contributed by atoms with Gasteiger partial charge in [0.2, 0.25) is 0 Å². The molecule has 0 aromatic carbocycles. The second kappa shape index (κ2) is 5.95. The van der Waals surface area contributed by atoms with Crippen molar-refractivity contribution in [2.45, 2.75) is 34.6 Å². The van der Waals surface area contributed by atoms with Crippen molar-refractivity contribution >= 4 is 37.2 Å². The molecule has 0 aliphatic heterocycles. The molecule has 3 heteroatoms. The Bertz CT molecular complexity index is 224. The lowest BCUT2D eigenvalue weighted by atomic mass is 9.88. The first-order chi connectivity index (χ1) is 4.45. The first-order valence-electron chi connectivity index (χ1n) is 3.83. The predicted octanol–water partition coefficient (Wildman–Crippen LogP) is 4.57. The number of halogens is 3. The Morgan fingerprint density at radius 1 is 0.923 bits per heavy atom. The SMILES string of the molecule is CC1=CC(C)(C)C(C)=C1C.Cl.Cl.Cl. The molecule has 1 rings (SSSR count). The van der Waals surface area contributed by atoms with Crippen molar-refractivity contribution in [1.29, 1.82) is 0 Å². The van der Waals surface area contributed by atoms with Crippen molar-refractivity contribution in [2.24, 2.45) is 5.41 Å². The molecule has 0 fully saturated rings. The van der Waals surface area contributed by atoms with Crippen LogP contribution in [0.25, 0.3) is 0 Å². The molecule has 1 aliphatic carbocycles. The summed E-state index contributed by atoms with van der Waals surface area (Å²) in [6, 6.07) is 0. The molecule has 1 aliphatic rings. The Hall–Kier alpha value is 0.350. The van der Waals surface area contributed by atoms with E-state index in [9.17, 15) is 0 Å². The number of hydrogen-bond acceptors (Lipinski definition) is 0. The molecule has 0 unspecified atom stereocenters. The molecule has 13 heavy (non-hydrogen) atoms. The van der Waals surface area contributed by atoms with E-state index in [1.165, 1.54) is 16.7 Å². The average Bonchev–Trinajstić information content (AvgIpc) is 1.95. The maximum absolute atomic E-state index is 2.34. The molecule has 0 radical (unpaired) electrons. The van der Waals surface area contributed by atoms with Gasteiger partial charge in [-0.05, 0) is 26.3 Å². The molecule has 0 saturated heterocycles. The Morgan fingerprint density at radius 3 is 1.38 bits per heavy atom. The first-order valence-corrected chi connectivity index (χ1v) is 3.83. The maximum atomic E-state index is 2.34. The van der Waals surface area contributed by atoms with Gasteiger partial charge in [0, 0.05) is 5.41 Å². The standard InChI is InChI=1S/C10H16.3ClH/c1-7-6-10(4,5)9(3)8(7)2;;;/h6H,1-5H3;3*1H. The summed E-state index contributed by atoms with van der Waals surface area (Å²) in [4.78, 5) is 0. The summed E-state index contributed by atoms with van der Waals surface area (Å²) in [7, 11) is 0. The molecule has 0 nitrogen and oxygen atoms in total. The summed E-state index contributed by atoms with van der Waals surface area (Å²) < 4.78 is 0. The first kappa shape index (κ1) is 19.0. The molecular weight excluding hydrogens is 226 g/mol. The van der Waals surface area contributed by atoms with E-state index in [0.717, 1.165) is 0 Å². The highest BCUT2D eigenvalue weighted by Crippen LogP contribution is 2.39. The van der Waals surface area contributed by atoms with Gasteiger partial charge in [-0.15, -0.1) is 37.2 Å². The van der Waals surface area contributed by atoms with Crippen LogP contribution < -0.4 is 0 Å². The highest BCUT2D eigenvalue weighted by Gasteiger charge is 2.24. The van der Waals surface area contributed by atoms with Crippen molar-refractivity contribution in [1.82, 2.24) is 0 Å². The maximum Gasteiger partial charge on any atom is 0.00430 e. The highest BCUT2D eigenvalue weighted by molar-refractivity contribution is 5.86. The second-order valence-electron chi connectivity index (χ2n) is 3.80. The molecule has 0 atom stereocenters.